The molecule has 2 aromatic heterocycles. The van der Waals surface area contributed by atoms with Crippen molar-refractivity contribution >= 4 is 22.9 Å². The lowest BCUT2D eigenvalue weighted by atomic mass is 9.93. The molecule has 0 aliphatic carbocycles. The molecule has 3 heterocycles. The van der Waals surface area contributed by atoms with Gasteiger partial charge in [-0.25, -0.2) is 14.5 Å². The summed E-state index contributed by atoms with van der Waals surface area (Å²) >= 11 is 0. The molecule has 0 saturated heterocycles. The van der Waals surface area contributed by atoms with Crippen molar-refractivity contribution in [1.82, 2.24) is 19.7 Å². The van der Waals surface area contributed by atoms with Gasteiger partial charge in [-0.2, -0.15) is 5.10 Å². The fourth-order valence-electron chi connectivity index (χ4n) is 3.93. The van der Waals surface area contributed by atoms with Crippen LogP contribution >= 0.6 is 0 Å². The Kier molecular flexibility index (Phi) is 4.82. The zero-order valence-electron chi connectivity index (χ0n) is 16.8. The average Bonchev–Trinajstić information content (AvgIpc) is 3.14. The highest BCUT2D eigenvalue weighted by Gasteiger charge is 2.36. The van der Waals surface area contributed by atoms with Crippen LogP contribution < -0.4 is 0 Å². The van der Waals surface area contributed by atoms with Crippen molar-refractivity contribution in [2.75, 3.05) is 0 Å². The summed E-state index contributed by atoms with van der Waals surface area (Å²) in [5.74, 6) is -1.30. The van der Waals surface area contributed by atoms with Gasteiger partial charge in [0.2, 0.25) is 0 Å². The first kappa shape index (κ1) is 19.1. The monoisotopic (exact) mass is 392 g/mol. The van der Waals surface area contributed by atoms with Gasteiger partial charge in [0.15, 0.2) is 5.65 Å². The zero-order chi connectivity index (χ0) is 20.7. The second-order valence-electron chi connectivity index (χ2n) is 7.65. The highest BCUT2D eigenvalue weighted by atomic mass is 16.4. The number of carboxylic acid groups (broad SMARTS) is 1. The fraction of sp³-hybridized carbons (Fsp3) is 0.364. The third-order valence-electron chi connectivity index (χ3n) is 5.73. The van der Waals surface area contributed by atoms with Crippen LogP contribution in [0.5, 0.6) is 0 Å². The number of rotatable bonds is 4. The number of hydrogen-bond donors (Lipinski definition) is 1. The number of carboxylic acids is 1. The molecule has 1 aliphatic heterocycles. The van der Waals surface area contributed by atoms with Crippen molar-refractivity contribution in [3.8, 4) is 0 Å². The molecular weight excluding hydrogens is 368 g/mol. The summed E-state index contributed by atoms with van der Waals surface area (Å²) in [6.07, 6.45) is 2.85. The maximum atomic E-state index is 13.5. The van der Waals surface area contributed by atoms with Crippen LogP contribution in [0.4, 0.5) is 0 Å². The second-order valence-corrected chi connectivity index (χ2v) is 7.65. The predicted molar refractivity (Wildman–Crippen MR) is 109 cm³/mol. The van der Waals surface area contributed by atoms with Crippen LogP contribution in [0.1, 0.15) is 53.5 Å². The Morgan fingerprint density at radius 3 is 2.69 bits per heavy atom. The molecule has 1 N–H and O–H groups in total. The van der Waals surface area contributed by atoms with E-state index in [0.29, 0.717) is 28.7 Å². The molecule has 4 rings (SSSR count). The van der Waals surface area contributed by atoms with Gasteiger partial charge in [-0.15, -0.1) is 0 Å². The number of carbonyl (C=O) groups excluding carboxylic acids is 1. The minimum absolute atomic E-state index is 0.151. The molecule has 0 saturated carbocycles. The van der Waals surface area contributed by atoms with Crippen LogP contribution in [0.25, 0.3) is 11.0 Å². The molecule has 150 valence electrons. The summed E-state index contributed by atoms with van der Waals surface area (Å²) in [5.41, 5.74) is 3.77. The van der Waals surface area contributed by atoms with Gasteiger partial charge in [0, 0.05) is 18.7 Å². The molecule has 0 bridgehead atoms. The molecule has 1 aliphatic rings. The number of nitrogens with zero attached hydrogens (tertiary/aromatic N) is 4. The van der Waals surface area contributed by atoms with Crippen LogP contribution in [-0.4, -0.2) is 42.7 Å². The van der Waals surface area contributed by atoms with Gasteiger partial charge in [0.1, 0.15) is 6.04 Å². The van der Waals surface area contributed by atoms with Crippen molar-refractivity contribution in [2.24, 2.45) is 0 Å². The largest absolute Gasteiger partial charge is 0.480 e. The van der Waals surface area contributed by atoms with E-state index in [1.54, 1.807) is 12.3 Å². The van der Waals surface area contributed by atoms with E-state index in [-0.39, 0.29) is 18.5 Å². The van der Waals surface area contributed by atoms with Crippen molar-refractivity contribution in [3.05, 3.63) is 58.9 Å². The first-order valence-corrected chi connectivity index (χ1v) is 9.86. The summed E-state index contributed by atoms with van der Waals surface area (Å²) in [5, 5.41) is 14.9. The van der Waals surface area contributed by atoms with E-state index >= 15 is 0 Å². The zero-order valence-corrected chi connectivity index (χ0v) is 16.8. The normalized spacial score (nSPS) is 17.2. The van der Waals surface area contributed by atoms with E-state index in [4.69, 9.17) is 0 Å². The van der Waals surface area contributed by atoms with Gasteiger partial charge in [0.05, 0.1) is 23.2 Å². The minimum atomic E-state index is -0.995. The smallest absolute Gasteiger partial charge is 0.326 e. The van der Waals surface area contributed by atoms with Crippen molar-refractivity contribution < 1.29 is 14.7 Å². The van der Waals surface area contributed by atoms with Crippen molar-refractivity contribution in [3.63, 3.8) is 0 Å². The Labute approximate surface area is 169 Å². The van der Waals surface area contributed by atoms with Gasteiger partial charge < -0.3 is 10.0 Å². The SMILES string of the molecule is CCC(C)n1ncc2c(C(=O)N3Cc4ccccc4CC3C(=O)O)cc(C)nc21. The summed E-state index contributed by atoms with van der Waals surface area (Å²) in [4.78, 5) is 31.5. The number of benzene rings is 1. The maximum Gasteiger partial charge on any atom is 0.326 e. The number of aromatic nitrogens is 3. The number of amides is 1. The standard InChI is InChI=1S/C22H24N4O3/c1-4-14(3)26-20-18(11-23-26)17(9-13(2)24-20)21(27)25-12-16-8-6-5-7-15(16)10-19(25)22(28)29/h5-9,11,14,19H,4,10,12H2,1-3H3,(H,28,29). The van der Waals surface area contributed by atoms with Gasteiger partial charge in [-0.05, 0) is 37.5 Å². The third-order valence-corrected chi connectivity index (χ3v) is 5.73. The Balaban J connectivity index is 1.80. The molecule has 2 unspecified atom stereocenters. The van der Waals surface area contributed by atoms with Crippen LogP contribution in [0, 0.1) is 6.92 Å². The fourth-order valence-corrected chi connectivity index (χ4v) is 3.93. The van der Waals surface area contributed by atoms with Crippen LogP contribution in [0.2, 0.25) is 0 Å². The van der Waals surface area contributed by atoms with E-state index in [2.05, 4.69) is 23.9 Å². The van der Waals surface area contributed by atoms with Crippen LogP contribution in [0.15, 0.2) is 36.5 Å². The second kappa shape index (κ2) is 7.31. The minimum Gasteiger partial charge on any atom is -0.480 e. The third kappa shape index (κ3) is 3.26. The van der Waals surface area contributed by atoms with E-state index in [1.165, 1.54) is 4.90 Å². The lowest BCUT2D eigenvalue weighted by molar-refractivity contribution is -0.142. The first-order valence-electron chi connectivity index (χ1n) is 9.86. The van der Waals surface area contributed by atoms with Gasteiger partial charge >= 0.3 is 5.97 Å². The first-order chi connectivity index (χ1) is 13.9. The molecule has 7 nitrogen and oxygen atoms in total. The summed E-state index contributed by atoms with van der Waals surface area (Å²) in [6.45, 7) is 6.24. The maximum absolute atomic E-state index is 13.5. The number of aliphatic carboxylic acids is 1. The van der Waals surface area contributed by atoms with Crippen LogP contribution in [0.3, 0.4) is 0 Å². The van der Waals surface area contributed by atoms with Gasteiger partial charge in [-0.1, -0.05) is 31.2 Å². The van der Waals surface area contributed by atoms with E-state index in [0.717, 1.165) is 17.5 Å². The highest BCUT2D eigenvalue weighted by Crippen LogP contribution is 2.28. The average molecular weight is 392 g/mol. The Morgan fingerprint density at radius 1 is 1.28 bits per heavy atom. The summed E-state index contributed by atoms with van der Waals surface area (Å²) in [6, 6.07) is 8.66. The molecule has 0 spiro atoms. The Hall–Kier alpha value is -3.22. The number of fused-ring (bicyclic) bond motifs is 2. The molecular formula is C22H24N4O3. The van der Waals surface area contributed by atoms with E-state index < -0.39 is 12.0 Å². The molecule has 2 atom stereocenters. The van der Waals surface area contributed by atoms with E-state index in [9.17, 15) is 14.7 Å². The highest BCUT2D eigenvalue weighted by molar-refractivity contribution is 6.06. The number of aryl methyl sites for hydroxylation is 1. The van der Waals surface area contributed by atoms with Crippen LogP contribution in [-0.2, 0) is 17.8 Å². The molecule has 1 amide bonds. The molecule has 3 aromatic rings. The van der Waals surface area contributed by atoms with E-state index in [1.807, 2.05) is 35.9 Å². The molecule has 0 fully saturated rings. The molecule has 7 heteroatoms. The Bertz CT molecular complexity index is 1100. The quantitative estimate of drug-likeness (QED) is 0.735. The van der Waals surface area contributed by atoms with Gasteiger partial charge in [0.25, 0.3) is 5.91 Å². The summed E-state index contributed by atoms with van der Waals surface area (Å²) in [7, 11) is 0. The predicted octanol–water partition coefficient (Wildman–Crippen LogP) is 3.36. The lowest BCUT2D eigenvalue weighted by Gasteiger charge is -2.34. The number of pyridine rings is 1. The Morgan fingerprint density at radius 2 is 2.00 bits per heavy atom. The van der Waals surface area contributed by atoms with Gasteiger partial charge in [-0.3, -0.25) is 4.79 Å². The van der Waals surface area contributed by atoms with Crippen molar-refractivity contribution in [1.29, 1.82) is 0 Å². The topological polar surface area (TPSA) is 88.3 Å². The molecule has 0 radical (unpaired) electrons. The molecule has 29 heavy (non-hydrogen) atoms. The summed E-state index contributed by atoms with van der Waals surface area (Å²) < 4.78 is 1.83. The lowest BCUT2D eigenvalue weighted by Crippen LogP contribution is -2.48. The number of hydrogen-bond acceptors (Lipinski definition) is 4. The van der Waals surface area contributed by atoms with Crippen molar-refractivity contribution in [2.45, 2.75) is 52.2 Å². The molecule has 1 aromatic carbocycles. The number of carbonyl (C=O) groups is 2.